The third-order valence-electron chi connectivity index (χ3n) is 7.42. The fraction of sp³-hybridized carbons (Fsp3) is 0.640. The van der Waals surface area contributed by atoms with Crippen LogP contribution in [0.4, 0.5) is 0 Å². The molecule has 1 aromatic heterocycles. The molecule has 2 saturated heterocycles. The number of rotatable bonds is 4. The highest BCUT2D eigenvalue weighted by Gasteiger charge is 2.32. The van der Waals surface area contributed by atoms with Gasteiger partial charge in [-0.25, -0.2) is 0 Å². The van der Waals surface area contributed by atoms with E-state index in [9.17, 15) is 14.9 Å². The number of likely N-dealkylation sites (tertiary alicyclic amines) is 2. The molecule has 3 aliphatic rings. The molecule has 0 radical (unpaired) electrons. The normalized spacial score (nSPS) is 21.6. The molecule has 0 N–H and O–H groups in total. The van der Waals surface area contributed by atoms with Crippen LogP contribution in [-0.4, -0.2) is 51.9 Å². The Morgan fingerprint density at radius 2 is 1.74 bits per heavy atom. The van der Waals surface area contributed by atoms with Crippen molar-refractivity contribution in [1.29, 1.82) is 5.26 Å². The third kappa shape index (κ3) is 4.42. The summed E-state index contributed by atoms with van der Waals surface area (Å²) in [7, 11) is 0. The zero-order valence-electron chi connectivity index (χ0n) is 18.9. The number of nitrogens with zero attached hydrogens (tertiary/aromatic N) is 4. The second-order valence-corrected chi connectivity index (χ2v) is 9.37. The van der Waals surface area contributed by atoms with Crippen molar-refractivity contribution in [2.45, 2.75) is 83.7 Å². The van der Waals surface area contributed by atoms with E-state index in [1.807, 2.05) is 4.90 Å². The summed E-state index contributed by atoms with van der Waals surface area (Å²) in [5, 5.41) is 9.74. The number of aromatic nitrogens is 1. The van der Waals surface area contributed by atoms with E-state index >= 15 is 0 Å². The molecule has 2 aliphatic heterocycles. The topological polar surface area (TPSA) is 69.3 Å². The maximum Gasteiger partial charge on any atom is 0.264 e. The molecule has 0 bridgehead atoms. The summed E-state index contributed by atoms with van der Waals surface area (Å²) in [5.74, 6) is 0.0619. The molecular formula is C25H34N4O2. The van der Waals surface area contributed by atoms with Gasteiger partial charge in [0.1, 0.15) is 11.6 Å². The van der Waals surface area contributed by atoms with Crippen molar-refractivity contribution in [3.63, 3.8) is 0 Å². The van der Waals surface area contributed by atoms with Crippen LogP contribution in [0.5, 0.6) is 0 Å². The highest BCUT2D eigenvalue weighted by atomic mass is 16.2. The Hall–Kier alpha value is -2.55. The number of carbonyl (C=O) groups excluding carboxylic acids is 2. The van der Waals surface area contributed by atoms with Crippen LogP contribution in [0.15, 0.2) is 11.6 Å². The van der Waals surface area contributed by atoms with Gasteiger partial charge in [-0.1, -0.05) is 19.3 Å². The smallest absolute Gasteiger partial charge is 0.264 e. The fourth-order valence-corrected chi connectivity index (χ4v) is 5.75. The zero-order valence-corrected chi connectivity index (χ0v) is 18.9. The van der Waals surface area contributed by atoms with Gasteiger partial charge >= 0.3 is 0 Å². The fourth-order valence-electron chi connectivity index (χ4n) is 5.75. The van der Waals surface area contributed by atoms with Gasteiger partial charge in [-0.3, -0.25) is 9.59 Å². The predicted molar refractivity (Wildman–Crippen MR) is 120 cm³/mol. The number of piperidine rings is 1. The van der Waals surface area contributed by atoms with Crippen LogP contribution < -0.4 is 0 Å². The minimum absolute atomic E-state index is 0.184. The maximum atomic E-state index is 13.1. The Balaban J connectivity index is 1.46. The molecule has 2 amide bonds. The standard InChI is InChI=1S/C25H34N4O2/c1-18-15-20(19(2)29(18)23-7-4-3-5-8-23)16-21(17-26)25(31)27-13-10-22(11-14-27)28-12-6-9-24(28)30/h15-16,22-23H,3-14H2,1-2H3/b21-16-. The highest BCUT2D eigenvalue weighted by Crippen LogP contribution is 2.33. The van der Waals surface area contributed by atoms with Gasteiger partial charge in [0.15, 0.2) is 0 Å². The molecule has 3 fully saturated rings. The van der Waals surface area contributed by atoms with E-state index in [1.165, 1.54) is 37.8 Å². The van der Waals surface area contributed by atoms with Gasteiger partial charge in [0.25, 0.3) is 5.91 Å². The predicted octanol–water partition coefficient (Wildman–Crippen LogP) is 4.13. The molecular weight excluding hydrogens is 388 g/mol. The zero-order chi connectivity index (χ0) is 22.0. The van der Waals surface area contributed by atoms with E-state index in [2.05, 4.69) is 30.6 Å². The van der Waals surface area contributed by atoms with Crippen molar-refractivity contribution in [1.82, 2.24) is 14.4 Å². The third-order valence-corrected chi connectivity index (χ3v) is 7.42. The first kappa shape index (κ1) is 21.7. The highest BCUT2D eigenvalue weighted by molar-refractivity contribution is 6.01. The number of hydrogen-bond acceptors (Lipinski definition) is 3. The Labute approximate surface area is 185 Å². The average molecular weight is 423 g/mol. The summed E-state index contributed by atoms with van der Waals surface area (Å²) in [5.41, 5.74) is 3.54. The number of amides is 2. The lowest BCUT2D eigenvalue weighted by Crippen LogP contribution is -2.47. The molecule has 1 aromatic rings. The van der Waals surface area contributed by atoms with Crippen molar-refractivity contribution in [2.24, 2.45) is 0 Å². The molecule has 1 aliphatic carbocycles. The quantitative estimate of drug-likeness (QED) is 0.541. The molecule has 6 nitrogen and oxygen atoms in total. The van der Waals surface area contributed by atoms with Gasteiger partial charge in [-0.15, -0.1) is 0 Å². The van der Waals surface area contributed by atoms with Crippen molar-refractivity contribution < 1.29 is 9.59 Å². The molecule has 0 unspecified atom stereocenters. The van der Waals surface area contributed by atoms with Crippen molar-refractivity contribution >= 4 is 17.9 Å². The largest absolute Gasteiger partial charge is 0.346 e. The number of carbonyl (C=O) groups is 2. The SMILES string of the molecule is Cc1cc(/C=C(/C#N)C(=O)N2CCC(N3CCCC3=O)CC2)c(C)n1C1CCCCC1. The summed E-state index contributed by atoms with van der Waals surface area (Å²) in [6.45, 7) is 6.28. The number of hydrogen-bond donors (Lipinski definition) is 0. The number of aryl methyl sites for hydroxylation is 1. The van der Waals surface area contributed by atoms with E-state index in [-0.39, 0.29) is 23.4 Å². The molecule has 0 atom stereocenters. The van der Waals surface area contributed by atoms with Gasteiger partial charge in [0, 0.05) is 49.5 Å². The first-order valence-electron chi connectivity index (χ1n) is 11.9. The Kier molecular flexibility index (Phi) is 6.50. The molecule has 3 heterocycles. The number of nitriles is 1. The first-order valence-corrected chi connectivity index (χ1v) is 11.9. The second-order valence-electron chi connectivity index (χ2n) is 9.37. The van der Waals surface area contributed by atoms with Crippen LogP contribution in [0.2, 0.25) is 0 Å². The van der Waals surface area contributed by atoms with Gasteiger partial charge in [0.2, 0.25) is 5.91 Å². The summed E-state index contributed by atoms with van der Waals surface area (Å²) in [6.07, 6.45) is 11.2. The maximum absolute atomic E-state index is 13.1. The summed E-state index contributed by atoms with van der Waals surface area (Å²) in [4.78, 5) is 28.9. The Bertz CT molecular complexity index is 909. The lowest BCUT2D eigenvalue weighted by atomic mass is 9.95. The van der Waals surface area contributed by atoms with Crippen LogP contribution in [-0.2, 0) is 9.59 Å². The van der Waals surface area contributed by atoms with Crippen LogP contribution >= 0.6 is 0 Å². The average Bonchev–Trinajstić information content (AvgIpc) is 3.34. The summed E-state index contributed by atoms with van der Waals surface area (Å²) >= 11 is 0. The molecule has 1 saturated carbocycles. The molecule has 4 rings (SSSR count). The van der Waals surface area contributed by atoms with Crippen LogP contribution in [0.1, 0.15) is 80.8 Å². The lowest BCUT2D eigenvalue weighted by molar-refractivity contribution is -0.132. The Morgan fingerprint density at radius 3 is 2.35 bits per heavy atom. The van der Waals surface area contributed by atoms with Gasteiger partial charge in [-0.2, -0.15) is 5.26 Å². The monoisotopic (exact) mass is 422 g/mol. The van der Waals surface area contributed by atoms with Crippen molar-refractivity contribution in [2.75, 3.05) is 19.6 Å². The van der Waals surface area contributed by atoms with Crippen LogP contribution in [0.25, 0.3) is 6.08 Å². The van der Waals surface area contributed by atoms with Crippen molar-refractivity contribution in [3.8, 4) is 6.07 Å². The van der Waals surface area contributed by atoms with Crippen molar-refractivity contribution in [3.05, 3.63) is 28.6 Å². The van der Waals surface area contributed by atoms with E-state index in [0.29, 0.717) is 25.6 Å². The van der Waals surface area contributed by atoms with E-state index in [4.69, 9.17) is 0 Å². The van der Waals surface area contributed by atoms with E-state index in [1.54, 1.807) is 11.0 Å². The first-order chi connectivity index (χ1) is 15.0. The van der Waals surface area contributed by atoms with E-state index < -0.39 is 0 Å². The van der Waals surface area contributed by atoms with Crippen LogP contribution in [0.3, 0.4) is 0 Å². The Morgan fingerprint density at radius 1 is 1.03 bits per heavy atom. The summed E-state index contributed by atoms with van der Waals surface area (Å²) in [6, 6.07) is 5.03. The molecule has 166 valence electrons. The molecule has 0 aromatic carbocycles. The van der Waals surface area contributed by atoms with Gasteiger partial charge in [0.05, 0.1) is 0 Å². The van der Waals surface area contributed by atoms with E-state index in [0.717, 1.165) is 37.1 Å². The van der Waals surface area contributed by atoms with Gasteiger partial charge < -0.3 is 14.4 Å². The van der Waals surface area contributed by atoms with Crippen LogP contribution in [0, 0.1) is 25.2 Å². The summed E-state index contributed by atoms with van der Waals surface area (Å²) < 4.78 is 2.41. The minimum atomic E-state index is -0.184. The molecule has 0 spiro atoms. The lowest BCUT2D eigenvalue weighted by Gasteiger charge is -2.36. The van der Waals surface area contributed by atoms with Gasteiger partial charge in [-0.05, 0) is 63.7 Å². The minimum Gasteiger partial charge on any atom is -0.346 e. The molecule has 31 heavy (non-hydrogen) atoms. The second kappa shape index (κ2) is 9.30. The molecule has 6 heteroatoms.